The number of carbonyl (C=O) groups excluding carboxylic acids is 2. The third-order valence-corrected chi connectivity index (χ3v) is 6.56. The van der Waals surface area contributed by atoms with Crippen molar-refractivity contribution >= 4 is 23.1 Å². The van der Waals surface area contributed by atoms with Crippen molar-refractivity contribution in [2.24, 2.45) is 0 Å². The van der Waals surface area contributed by atoms with Crippen LogP contribution in [0.5, 0.6) is 23.0 Å². The Morgan fingerprint density at radius 3 is 2.57 bits per heavy atom. The zero-order valence-corrected chi connectivity index (χ0v) is 21.0. The number of aliphatic hydroxyl groups excluding tert-OH is 1. The molecule has 1 unspecified atom stereocenters. The molecule has 37 heavy (non-hydrogen) atoms. The lowest BCUT2D eigenvalue weighted by atomic mass is 9.93. The molecule has 8 nitrogen and oxygen atoms in total. The number of aliphatic hydroxyl groups is 1. The molecule has 0 saturated carbocycles. The summed E-state index contributed by atoms with van der Waals surface area (Å²) in [5, 5.41) is 11.6. The largest absolute Gasteiger partial charge is 0.507 e. The Kier molecular flexibility index (Phi) is 6.25. The smallest absolute Gasteiger partial charge is 0.300 e. The lowest BCUT2D eigenvalue weighted by Crippen LogP contribution is -2.29. The summed E-state index contributed by atoms with van der Waals surface area (Å²) in [6, 6.07) is 14.9. The average molecular weight is 502 g/mol. The molecular formula is C29H27NO7. The predicted octanol–water partition coefficient (Wildman–Crippen LogP) is 5.07. The van der Waals surface area contributed by atoms with Crippen LogP contribution in [0.4, 0.5) is 5.69 Å². The summed E-state index contributed by atoms with van der Waals surface area (Å²) in [5.41, 5.74) is 3.00. The summed E-state index contributed by atoms with van der Waals surface area (Å²) in [6.07, 6.45) is 0. The van der Waals surface area contributed by atoms with E-state index in [2.05, 4.69) is 0 Å². The molecule has 0 aliphatic carbocycles. The second kappa shape index (κ2) is 9.54. The van der Waals surface area contributed by atoms with E-state index in [4.69, 9.17) is 18.9 Å². The summed E-state index contributed by atoms with van der Waals surface area (Å²) in [4.78, 5) is 28.4. The fourth-order valence-electron chi connectivity index (χ4n) is 4.80. The van der Waals surface area contributed by atoms with Crippen LogP contribution in [0, 0.1) is 13.8 Å². The van der Waals surface area contributed by atoms with Crippen LogP contribution in [0.25, 0.3) is 5.76 Å². The number of hydrogen-bond donors (Lipinski definition) is 1. The zero-order valence-electron chi connectivity index (χ0n) is 21.0. The van der Waals surface area contributed by atoms with Gasteiger partial charge >= 0.3 is 0 Å². The average Bonchev–Trinajstić information content (AvgIpc) is 3.47. The van der Waals surface area contributed by atoms with E-state index in [0.29, 0.717) is 52.0 Å². The van der Waals surface area contributed by atoms with Crippen LogP contribution in [-0.4, -0.2) is 37.3 Å². The number of rotatable bonds is 6. The van der Waals surface area contributed by atoms with E-state index < -0.39 is 17.7 Å². The number of Topliss-reactive ketones (excluding diaryl/α,β-unsaturated/α-hetero) is 1. The second-order valence-corrected chi connectivity index (χ2v) is 8.85. The van der Waals surface area contributed by atoms with Gasteiger partial charge in [-0.3, -0.25) is 14.5 Å². The summed E-state index contributed by atoms with van der Waals surface area (Å²) in [5.74, 6) is 0.493. The molecule has 2 heterocycles. The van der Waals surface area contributed by atoms with Gasteiger partial charge in [0, 0.05) is 17.3 Å². The maximum absolute atomic E-state index is 13.5. The lowest BCUT2D eigenvalue weighted by molar-refractivity contribution is -0.132. The zero-order chi connectivity index (χ0) is 26.3. The van der Waals surface area contributed by atoms with E-state index in [1.165, 1.54) is 4.90 Å². The molecule has 5 rings (SSSR count). The number of methoxy groups -OCH3 is 1. The number of ketones is 1. The summed E-state index contributed by atoms with van der Waals surface area (Å²) < 4.78 is 22.0. The van der Waals surface area contributed by atoms with E-state index in [-0.39, 0.29) is 18.1 Å². The van der Waals surface area contributed by atoms with Gasteiger partial charge in [-0.2, -0.15) is 0 Å². The summed E-state index contributed by atoms with van der Waals surface area (Å²) in [7, 11) is 1.57. The molecule has 1 atom stereocenters. The van der Waals surface area contributed by atoms with E-state index in [1.807, 2.05) is 20.8 Å². The Morgan fingerprint density at radius 2 is 1.81 bits per heavy atom. The maximum Gasteiger partial charge on any atom is 0.300 e. The number of aryl methyl sites for hydroxylation is 2. The first-order valence-corrected chi connectivity index (χ1v) is 11.9. The van der Waals surface area contributed by atoms with E-state index >= 15 is 0 Å². The van der Waals surface area contributed by atoms with Gasteiger partial charge in [-0.15, -0.1) is 0 Å². The third kappa shape index (κ3) is 4.14. The van der Waals surface area contributed by atoms with Crippen molar-refractivity contribution in [3.63, 3.8) is 0 Å². The molecule has 1 saturated heterocycles. The van der Waals surface area contributed by atoms with Crippen LogP contribution < -0.4 is 23.8 Å². The molecule has 8 heteroatoms. The molecule has 3 aromatic carbocycles. The van der Waals surface area contributed by atoms with E-state index in [1.54, 1.807) is 61.7 Å². The van der Waals surface area contributed by atoms with Gasteiger partial charge in [0.1, 0.15) is 17.3 Å². The number of amides is 1. The van der Waals surface area contributed by atoms with Crippen LogP contribution >= 0.6 is 0 Å². The fraction of sp³-hybridized carbons (Fsp3) is 0.241. The minimum atomic E-state index is -0.900. The normalized spacial score (nSPS) is 17.8. The molecule has 2 aliphatic rings. The molecule has 0 spiro atoms. The number of carbonyl (C=O) groups is 2. The molecule has 1 fully saturated rings. The molecule has 190 valence electrons. The van der Waals surface area contributed by atoms with E-state index in [0.717, 1.165) is 5.56 Å². The van der Waals surface area contributed by atoms with Crippen molar-refractivity contribution < 1.29 is 33.6 Å². The van der Waals surface area contributed by atoms with Gasteiger partial charge in [-0.25, -0.2) is 0 Å². The van der Waals surface area contributed by atoms with Crippen LogP contribution in [0.3, 0.4) is 0 Å². The molecule has 1 N–H and O–H groups in total. The Labute approximate surface area is 214 Å². The fourth-order valence-corrected chi connectivity index (χ4v) is 4.80. The van der Waals surface area contributed by atoms with Crippen molar-refractivity contribution in [3.05, 3.63) is 82.4 Å². The van der Waals surface area contributed by atoms with Crippen molar-refractivity contribution in [3.8, 4) is 23.0 Å². The Bertz CT molecular complexity index is 1440. The summed E-state index contributed by atoms with van der Waals surface area (Å²) in [6.45, 7) is 6.07. The van der Waals surface area contributed by atoms with Gasteiger partial charge in [0.2, 0.25) is 6.79 Å². The highest BCUT2D eigenvalue weighted by molar-refractivity contribution is 6.51. The van der Waals surface area contributed by atoms with E-state index in [9.17, 15) is 14.7 Å². The Hall–Kier alpha value is -4.46. The Balaban J connectivity index is 1.73. The first-order valence-electron chi connectivity index (χ1n) is 11.9. The minimum absolute atomic E-state index is 0.0102. The van der Waals surface area contributed by atoms with Crippen molar-refractivity contribution in [2.75, 3.05) is 25.4 Å². The monoisotopic (exact) mass is 501 g/mol. The second-order valence-electron chi connectivity index (χ2n) is 8.85. The molecule has 0 aromatic heterocycles. The highest BCUT2D eigenvalue weighted by atomic mass is 16.7. The quantitative estimate of drug-likeness (QED) is 0.286. The molecule has 2 aliphatic heterocycles. The van der Waals surface area contributed by atoms with Gasteiger partial charge in [0.05, 0.1) is 25.3 Å². The van der Waals surface area contributed by atoms with Crippen LogP contribution in [0.2, 0.25) is 0 Å². The van der Waals surface area contributed by atoms with Crippen molar-refractivity contribution in [1.29, 1.82) is 0 Å². The molecule has 0 radical (unpaired) electrons. The van der Waals surface area contributed by atoms with Gasteiger partial charge < -0.3 is 24.1 Å². The van der Waals surface area contributed by atoms with Gasteiger partial charge in [-0.05, 0) is 73.9 Å². The van der Waals surface area contributed by atoms with Crippen LogP contribution in [0.1, 0.15) is 35.2 Å². The SMILES string of the molecule is CCOc1cccc(C2/C(=C(\O)c3cc(C)c(OC)cc3C)C(=O)C(=O)N2c2ccc3c(c2)OCO3)c1. The molecule has 1 amide bonds. The van der Waals surface area contributed by atoms with Crippen molar-refractivity contribution in [2.45, 2.75) is 26.8 Å². The third-order valence-electron chi connectivity index (χ3n) is 6.56. The standard InChI is InChI=1S/C29H27NO7/c1-5-35-20-8-6-7-18(13-20)26-25(27(31)21-11-17(3)23(34-4)12-16(21)2)28(32)29(33)30(26)19-9-10-22-24(14-19)37-15-36-22/h6-14,26,31H,5,15H2,1-4H3/b27-25+. The number of anilines is 1. The Morgan fingerprint density at radius 1 is 1.03 bits per heavy atom. The first kappa shape index (κ1) is 24.2. The molecular weight excluding hydrogens is 474 g/mol. The number of benzene rings is 3. The van der Waals surface area contributed by atoms with Gasteiger partial charge in [-0.1, -0.05) is 12.1 Å². The number of hydrogen-bond acceptors (Lipinski definition) is 7. The topological polar surface area (TPSA) is 94.5 Å². The number of nitrogens with zero attached hydrogens (tertiary/aromatic N) is 1. The minimum Gasteiger partial charge on any atom is -0.507 e. The van der Waals surface area contributed by atoms with Crippen LogP contribution in [-0.2, 0) is 9.59 Å². The lowest BCUT2D eigenvalue weighted by Gasteiger charge is -2.26. The van der Waals surface area contributed by atoms with Gasteiger partial charge in [0.25, 0.3) is 11.7 Å². The number of ether oxygens (including phenoxy) is 4. The highest BCUT2D eigenvalue weighted by Gasteiger charge is 2.47. The molecule has 3 aromatic rings. The summed E-state index contributed by atoms with van der Waals surface area (Å²) >= 11 is 0. The highest BCUT2D eigenvalue weighted by Crippen LogP contribution is 2.45. The first-order chi connectivity index (χ1) is 17.8. The maximum atomic E-state index is 13.5. The molecule has 0 bridgehead atoms. The van der Waals surface area contributed by atoms with Gasteiger partial charge in [0.15, 0.2) is 11.5 Å². The van der Waals surface area contributed by atoms with Crippen LogP contribution in [0.15, 0.2) is 60.2 Å². The predicted molar refractivity (Wildman–Crippen MR) is 137 cm³/mol. The van der Waals surface area contributed by atoms with Crippen molar-refractivity contribution in [1.82, 2.24) is 0 Å². The number of fused-ring (bicyclic) bond motifs is 1.